The van der Waals surface area contributed by atoms with E-state index in [0.29, 0.717) is 13.0 Å². The summed E-state index contributed by atoms with van der Waals surface area (Å²) in [4.78, 5) is 19.4. The number of hydrogen-bond acceptors (Lipinski definition) is 5. The summed E-state index contributed by atoms with van der Waals surface area (Å²) >= 11 is 7.37. The molecule has 2 heterocycles. The Morgan fingerprint density at radius 1 is 1.07 bits per heavy atom. The molecule has 0 saturated carbocycles. The largest absolute Gasteiger partial charge is 0.352 e. The Hall–Kier alpha value is -2.44. The summed E-state index contributed by atoms with van der Waals surface area (Å²) in [6.45, 7) is 2.25. The van der Waals surface area contributed by atoms with Crippen LogP contribution in [0.25, 0.3) is 0 Å². The van der Waals surface area contributed by atoms with Crippen LogP contribution in [-0.2, 0) is 17.8 Å². The van der Waals surface area contributed by atoms with E-state index in [0.717, 1.165) is 53.0 Å². The summed E-state index contributed by atoms with van der Waals surface area (Å²) in [6, 6.07) is 17.8. The SMILES string of the molecule is O=C(NCc1ccccc1)C1CCN(c2nc(Cc3ccc(Cl)cc3)ns2)CC1. The molecule has 1 aliphatic heterocycles. The van der Waals surface area contributed by atoms with Crippen molar-refractivity contribution in [3.8, 4) is 0 Å². The number of carbonyl (C=O) groups is 1. The monoisotopic (exact) mass is 426 g/mol. The fourth-order valence-corrected chi connectivity index (χ4v) is 4.35. The van der Waals surface area contributed by atoms with Crippen LogP contribution in [0.1, 0.15) is 29.8 Å². The molecule has 1 fully saturated rings. The van der Waals surface area contributed by atoms with E-state index in [4.69, 9.17) is 16.6 Å². The molecular formula is C22H23ClN4OS. The van der Waals surface area contributed by atoms with Crippen LogP contribution in [0.3, 0.4) is 0 Å². The number of benzene rings is 2. The van der Waals surface area contributed by atoms with Gasteiger partial charge in [0.1, 0.15) is 5.82 Å². The third-order valence-corrected chi connectivity index (χ3v) is 6.25. The number of nitrogens with one attached hydrogen (secondary N) is 1. The molecule has 0 bridgehead atoms. The Morgan fingerprint density at radius 3 is 2.52 bits per heavy atom. The summed E-state index contributed by atoms with van der Waals surface area (Å²) < 4.78 is 4.50. The van der Waals surface area contributed by atoms with Crippen molar-refractivity contribution >= 4 is 34.2 Å². The van der Waals surface area contributed by atoms with Crippen molar-refractivity contribution < 1.29 is 4.79 Å². The second-order valence-corrected chi connectivity index (χ2v) is 8.43. The molecule has 3 aromatic rings. The number of nitrogens with zero attached hydrogens (tertiary/aromatic N) is 3. The van der Waals surface area contributed by atoms with Crippen LogP contribution in [0, 0.1) is 5.92 Å². The first-order chi connectivity index (χ1) is 14.2. The molecule has 0 radical (unpaired) electrons. The van der Waals surface area contributed by atoms with Crippen molar-refractivity contribution in [3.05, 3.63) is 76.6 Å². The van der Waals surface area contributed by atoms with Crippen molar-refractivity contribution in [2.45, 2.75) is 25.8 Å². The average molecular weight is 427 g/mol. The fourth-order valence-electron chi connectivity index (χ4n) is 3.49. The minimum absolute atomic E-state index is 0.0661. The molecule has 2 aromatic carbocycles. The number of rotatable bonds is 6. The molecule has 29 heavy (non-hydrogen) atoms. The van der Waals surface area contributed by atoms with Crippen molar-refractivity contribution in [2.75, 3.05) is 18.0 Å². The van der Waals surface area contributed by atoms with Gasteiger partial charge in [-0.3, -0.25) is 4.79 Å². The van der Waals surface area contributed by atoms with Gasteiger partial charge < -0.3 is 10.2 Å². The molecule has 150 valence electrons. The number of amides is 1. The molecule has 0 unspecified atom stereocenters. The number of carbonyl (C=O) groups excluding carboxylic acids is 1. The van der Waals surface area contributed by atoms with Crippen LogP contribution < -0.4 is 10.2 Å². The van der Waals surface area contributed by atoms with Crippen molar-refractivity contribution in [2.24, 2.45) is 5.92 Å². The van der Waals surface area contributed by atoms with Crippen molar-refractivity contribution in [1.29, 1.82) is 0 Å². The predicted octanol–water partition coefficient (Wildman–Crippen LogP) is 4.32. The number of halogens is 1. The summed E-state index contributed by atoms with van der Waals surface area (Å²) in [7, 11) is 0. The van der Waals surface area contributed by atoms with E-state index in [2.05, 4.69) is 14.6 Å². The lowest BCUT2D eigenvalue weighted by molar-refractivity contribution is -0.125. The molecule has 4 rings (SSSR count). The molecule has 0 aliphatic carbocycles. The number of anilines is 1. The Bertz CT molecular complexity index is 937. The maximum atomic E-state index is 12.5. The number of hydrogen-bond donors (Lipinski definition) is 1. The Morgan fingerprint density at radius 2 is 1.79 bits per heavy atom. The molecule has 5 nitrogen and oxygen atoms in total. The number of aromatic nitrogens is 2. The minimum Gasteiger partial charge on any atom is -0.352 e. The normalized spacial score (nSPS) is 14.7. The zero-order valence-electron chi connectivity index (χ0n) is 16.1. The van der Waals surface area contributed by atoms with Crippen LogP contribution in [0.4, 0.5) is 5.13 Å². The molecule has 0 spiro atoms. The third-order valence-electron chi connectivity index (χ3n) is 5.18. The average Bonchev–Trinajstić information content (AvgIpc) is 3.23. The number of piperidine rings is 1. The molecule has 1 saturated heterocycles. The van der Waals surface area contributed by atoms with Gasteiger partial charge >= 0.3 is 0 Å². The highest BCUT2D eigenvalue weighted by molar-refractivity contribution is 7.09. The molecule has 1 amide bonds. The van der Waals surface area contributed by atoms with Crippen LogP contribution in [-0.4, -0.2) is 28.4 Å². The highest BCUT2D eigenvalue weighted by atomic mass is 35.5. The second kappa shape index (κ2) is 9.37. The fraction of sp³-hybridized carbons (Fsp3) is 0.318. The lowest BCUT2D eigenvalue weighted by atomic mass is 9.96. The molecule has 1 aromatic heterocycles. The second-order valence-electron chi connectivity index (χ2n) is 7.26. The predicted molar refractivity (Wildman–Crippen MR) is 117 cm³/mol. The Kier molecular flexibility index (Phi) is 6.42. The van der Waals surface area contributed by atoms with Crippen LogP contribution in [0.15, 0.2) is 54.6 Å². The zero-order chi connectivity index (χ0) is 20.1. The van der Waals surface area contributed by atoms with Crippen molar-refractivity contribution in [3.63, 3.8) is 0 Å². The van der Waals surface area contributed by atoms with E-state index in [1.54, 1.807) is 0 Å². The van der Waals surface area contributed by atoms with Gasteiger partial charge in [0.15, 0.2) is 0 Å². The van der Waals surface area contributed by atoms with Gasteiger partial charge in [-0.05, 0) is 36.1 Å². The van der Waals surface area contributed by atoms with Gasteiger partial charge in [0.05, 0.1) is 0 Å². The summed E-state index contributed by atoms with van der Waals surface area (Å²) in [6.07, 6.45) is 2.38. The van der Waals surface area contributed by atoms with Gasteiger partial charge in [0, 0.05) is 48.5 Å². The Balaban J connectivity index is 1.26. The maximum absolute atomic E-state index is 12.5. The standard InChI is InChI=1S/C22H23ClN4OS/c23-19-8-6-16(7-9-19)14-20-25-22(29-26-20)27-12-10-18(11-13-27)21(28)24-15-17-4-2-1-3-5-17/h1-9,18H,10-15H2,(H,24,28). The quantitative estimate of drug-likeness (QED) is 0.637. The van der Waals surface area contributed by atoms with Gasteiger partial charge in [-0.2, -0.15) is 4.37 Å². The lowest BCUT2D eigenvalue weighted by Gasteiger charge is -2.30. The minimum atomic E-state index is 0.0661. The summed E-state index contributed by atoms with van der Waals surface area (Å²) in [5.74, 6) is 1.04. The highest BCUT2D eigenvalue weighted by Crippen LogP contribution is 2.25. The molecule has 1 aliphatic rings. The van der Waals surface area contributed by atoms with Crippen LogP contribution in [0.5, 0.6) is 0 Å². The maximum Gasteiger partial charge on any atom is 0.223 e. The first kappa shape index (κ1) is 19.9. The van der Waals surface area contributed by atoms with E-state index < -0.39 is 0 Å². The summed E-state index contributed by atoms with van der Waals surface area (Å²) in [5, 5.41) is 4.74. The molecule has 0 atom stereocenters. The van der Waals surface area contributed by atoms with Gasteiger partial charge in [-0.25, -0.2) is 4.98 Å². The first-order valence-electron chi connectivity index (χ1n) is 9.81. The van der Waals surface area contributed by atoms with Crippen molar-refractivity contribution in [1.82, 2.24) is 14.7 Å². The lowest BCUT2D eigenvalue weighted by Crippen LogP contribution is -2.40. The van der Waals surface area contributed by atoms with Crippen LogP contribution in [0.2, 0.25) is 5.02 Å². The molecular weight excluding hydrogens is 404 g/mol. The summed E-state index contributed by atoms with van der Waals surface area (Å²) in [5.41, 5.74) is 2.27. The highest BCUT2D eigenvalue weighted by Gasteiger charge is 2.26. The zero-order valence-corrected chi connectivity index (χ0v) is 17.6. The van der Waals surface area contributed by atoms with Gasteiger partial charge in [-0.15, -0.1) is 0 Å². The molecule has 1 N–H and O–H groups in total. The van der Waals surface area contributed by atoms with E-state index in [1.807, 2.05) is 54.6 Å². The van der Waals surface area contributed by atoms with E-state index >= 15 is 0 Å². The van der Waals surface area contributed by atoms with Crippen LogP contribution >= 0.6 is 23.1 Å². The van der Waals surface area contributed by atoms with Gasteiger partial charge in [-0.1, -0.05) is 54.1 Å². The van der Waals surface area contributed by atoms with E-state index in [-0.39, 0.29) is 11.8 Å². The topological polar surface area (TPSA) is 58.1 Å². The molecule has 7 heteroatoms. The Labute approximate surface area is 179 Å². The van der Waals surface area contributed by atoms with Gasteiger partial charge in [0.25, 0.3) is 0 Å². The van der Waals surface area contributed by atoms with E-state index in [9.17, 15) is 4.79 Å². The smallest absolute Gasteiger partial charge is 0.223 e. The van der Waals surface area contributed by atoms with Gasteiger partial charge in [0.2, 0.25) is 11.0 Å². The third kappa shape index (κ3) is 5.34. The first-order valence-corrected chi connectivity index (χ1v) is 11.0. The van der Waals surface area contributed by atoms with E-state index in [1.165, 1.54) is 11.5 Å².